The van der Waals surface area contributed by atoms with Crippen molar-refractivity contribution in [3.8, 4) is 0 Å². The van der Waals surface area contributed by atoms with Crippen molar-refractivity contribution in [2.24, 2.45) is 5.41 Å². The molecule has 2 aliphatic rings. The zero-order valence-corrected chi connectivity index (χ0v) is 10.8. The van der Waals surface area contributed by atoms with Gasteiger partial charge < -0.3 is 10.2 Å². The Labute approximate surface area is 103 Å². The average Bonchev–Trinajstić information content (AvgIpc) is 2.90. The molecule has 0 amide bonds. The molecule has 92 valence electrons. The van der Waals surface area contributed by atoms with Gasteiger partial charge in [-0.25, -0.2) is 0 Å². The largest absolute Gasteiger partial charge is 0.370 e. The third-order valence-corrected chi connectivity index (χ3v) is 4.37. The Morgan fingerprint density at radius 2 is 2.00 bits per heavy atom. The van der Waals surface area contributed by atoms with E-state index >= 15 is 0 Å². The van der Waals surface area contributed by atoms with Crippen molar-refractivity contribution < 1.29 is 0 Å². The summed E-state index contributed by atoms with van der Waals surface area (Å²) in [5, 5.41) is 3.52. The molecule has 0 bridgehead atoms. The number of aryl methyl sites for hydroxylation is 2. The zero-order valence-electron chi connectivity index (χ0n) is 10.8. The van der Waals surface area contributed by atoms with Crippen LogP contribution in [0.15, 0.2) is 12.4 Å². The summed E-state index contributed by atoms with van der Waals surface area (Å²) in [6.07, 6.45) is 6.65. The van der Waals surface area contributed by atoms with Crippen LogP contribution in [0.25, 0.3) is 0 Å². The highest BCUT2D eigenvalue weighted by atomic mass is 15.2. The maximum absolute atomic E-state index is 4.27. The lowest BCUT2D eigenvalue weighted by Gasteiger charge is -2.26. The third-order valence-electron chi connectivity index (χ3n) is 4.37. The summed E-state index contributed by atoms with van der Waals surface area (Å²) in [5.74, 6) is 0. The zero-order chi connectivity index (χ0) is 11.9. The van der Waals surface area contributed by atoms with Crippen LogP contribution in [0, 0.1) is 19.3 Å². The monoisotopic (exact) mass is 231 g/mol. The maximum atomic E-state index is 4.27. The molecule has 3 heteroatoms. The van der Waals surface area contributed by atoms with Crippen molar-refractivity contribution in [1.82, 2.24) is 10.3 Å². The Hall–Kier alpha value is -1.09. The lowest BCUT2D eigenvalue weighted by molar-refractivity contribution is 0.369. The smallest absolute Gasteiger partial charge is 0.0456 e. The fraction of sp³-hybridized carbons (Fsp3) is 0.643. The van der Waals surface area contributed by atoms with Gasteiger partial charge in [-0.3, -0.25) is 4.98 Å². The van der Waals surface area contributed by atoms with E-state index in [1.165, 1.54) is 55.8 Å². The van der Waals surface area contributed by atoms with E-state index in [2.05, 4.69) is 29.0 Å². The molecule has 1 aromatic heterocycles. The normalized spacial score (nSPS) is 28.2. The summed E-state index contributed by atoms with van der Waals surface area (Å²) in [5.41, 5.74) is 4.59. The topological polar surface area (TPSA) is 28.2 Å². The van der Waals surface area contributed by atoms with E-state index in [-0.39, 0.29) is 0 Å². The second-order valence-corrected chi connectivity index (χ2v) is 5.72. The third kappa shape index (κ3) is 1.82. The molecule has 1 spiro atoms. The second kappa shape index (κ2) is 3.98. The van der Waals surface area contributed by atoms with E-state index in [0.29, 0.717) is 5.41 Å². The highest BCUT2D eigenvalue weighted by Gasteiger charge is 2.40. The van der Waals surface area contributed by atoms with E-state index in [4.69, 9.17) is 0 Å². The fourth-order valence-electron chi connectivity index (χ4n) is 3.46. The first-order valence-corrected chi connectivity index (χ1v) is 6.57. The molecule has 17 heavy (non-hydrogen) atoms. The van der Waals surface area contributed by atoms with Crippen LogP contribution in [-0.2, 0) is 0 Å². The Kier molecular flexibility index (Phi) is 2.58. The van der Waals surface area contributed by atoms with Gasteiger partial charge in [0.15, 0.2) is 0 Å². The number of rotatable bonds is 1. The summed E-state index contributed by atoms with van der Waals surface area (Å²) < 4.78 is 0. The minimum absolute atomic E-state index is 0.544. The van der Waals surface area contributed by atoms with Crippen LogP contribution in [0.1, 0.15) is 24.0 Å². The lowest BCUT2D eigenvalue weighted by Crippen LogP contribution is -2.29. The van der Waals surface area contributed by atoms with Gasteiger partial charge in [0.05, 0.1) is 0 Å². The van der Waals surface area contributed by atoms with Crippen LogP contribution in [-0.4, -0.2) is 31.2 Å². The van der Waals surface area contributed by atoms with Crippen LogP contribution in [0.3, 0.4) is 0 Å². The van der Waals surface area contributed by atoms with Crippen molar-refractivity contribution in [3.63, 3.8) is 0 Å². The van der Waals surface area contributed by atoms with Crippen LogP contribution >= 0.6 is 0 Å². The molecule has 1 N–H and O–H groups in total. The van der Waals surface area contributed by atoms with Crippen molar-refractivity contribution in [2.45, 2.75) is 26.7 Å². The molecule has 0 aromatic carbocycles. The van der Waals surface area contributed by atoms with Gasteiger partial charge in [0.25, 0.3) is 0 Å². The van der Waals surface area contributed by atoms with Crippen molar-refractivity contribution in [2.75, 3.05) is 31.1 Å². The first kappa shape index (κ1) is 11.0. The second-order valence-electron chi connectivity index (χ2n) is 5.72. The molecular weight excluding hydrogens is 210 g/mol. The molecule has 0 saturated carbocycles. The standard InChI is InChI=1S/C14H21N3/c1-11-7-16-8-12(2)13(11)17-6-4-14(10-17)3-5-15-9-14/h7-8,15H,3-6,9-10H2,1-2H3. The highest BCUT2D eigenvalue weighted by Crippen LogP contribution is 2.39. The van der Waals surface area contributed by atoms with Gasteiger partial charge in [-0.15, -0.1) is 0 Å². The minimum atomic E-state index is 0.544. The first-order chi connectivity index (χ1) is 8.20. The number of pyridine rings is 1. The number of hydrogen-bond acceptors (Lipinski definition) is 3. The summed E-state index contributed by atoms with van der Waals surface area (Å²) in [7, 11) is 0. The number of aromatic nitrogens is 1. The summed E-state index contributed by atoms with van der Waals surface area (Å²) in [6.45, 7) is 9.16. The van der Waals surface area contributed by atoms with E-state index < -0.39 is 0 Å². The predicted molar refractivity (Wildman–Crippen MR) is 70.5 cm³/mol. The van der Waals surface area contributed by atoms with Crippen molar-refractivity contribution in [1.29, 1.82) is 0 Å². The van der Waals surface area contributed by atoms with Gasteiger partial charge in [-0.05, 0) is 44.4 Å². The lowest BCUT2D eigenvalue weighted by atomic mass is 9.86. The van der Waals surface area contributed by atoms with E-state index in [9.17, 15) is 0 Å². The molecule has 3 nitrogen and oxygen atoms in total. The molecule has 0 radical (unpaired) electrons. The van der Waals surface area contributed by atoms with Gasteiger partial charge >= 0.3 is 0 Å². The molecule has 1 aromatic rings. The minimum Gasteiger partial charge on any atom is -0.370 e. The Morgan fingerprint density at radius 3 is 2.65 bits per heavy atom. The van der Waals surface area contributed by atoms with Crippen molar-refractivity contribution in [3.05, 3.63) is 23.5 Å². The van der Waals surface area contributed by atoms with Crippen LogP contribution in [0.2, 0.25) is 0 Å². The highest BCUT2D eigenvalue weighted by molar-refractivity contribution is 5.58. The molecular formula is C14H21N3. The summed E-state index contributed by atoms with van der Waals surface area (Å²) in [4.78, 5) is 6.83. The van der Waals surface area contributed by atoms with Crippen LogP contribution < -0.4 is 10.2 Å². The summed E-state index contributed by atoms with van der Waals surface area (Å²) in [6, 6.07) is 0. The number of nitrogens with one attached hydrogen (secondary N) is 1. The Bertz CT molecular complexity index is 401. The molecule has 3 heterocycles. The van der Waals surface area contributed by atoms with E-state index in [1.807, 2.05) is 12.4 Å². The molecule has 2 saturated heterocycles. The molecule has 2 fully saturated rings. The number of nitrogens with zero attached hydrogens (tertiary/aromatic N) is 2. The average molecular weight is 231 g/mol. The SMILES string of the molecule is Cc1cncc(C)c1N1CCC2(CCNC2)C1. The van der Waals surface area contributed by atoms with Gasteiger partial charge in [0, 0.05) is 43.1 Å². The van der Waals surface area contributed by atoms with E-state index in [1.54, 1.807) is 0 Å². The molecule has 1 atom stereocenters. The molecule has 3 rings (SSSR count). The Balaban J connectivity index is 1.87. The van der Waals surface area contributed by atoms with Gasteiger partial charge in [0.2, 0.25) is 0 Å². The molecule has 2 aliphatic heterocycles. The van der Waals surface area contributed by atoms with Gasteiger partial charge in [0.1, 0.15) is 0 Å². The van der Waals surface area contributed by atoms with E-state index in [0.717, 1.165) is 0 Å². The van der Waals surface area contributed by atoms with Crippen LogP contribution in [0.4, 0.5) is 5.69 Å². The number of anilines is 1. The van der Waals surface area contributed by atoms with Crippen LogP contribution in [0.5, 0.6) is 0 Å². The van der Waals surface area contributed by atoms with Gasteiger partial charge in [-0.2, -0.15) is 0 Å². The Morgan fingerprint density at radius 1 is 1.24 bits per heavy atom. The quantitative estimate of drug-likeness (QED) is 0.800. The number of hydrogen-bond donors (Lipinski definition) is 1. The molecule has 0 aliphatic carbocycles. The van der Waals surface area contributed by atoms with Crippen molar-refractivity contribution >= 4 is 5.69 Å². The maximum Gasteiger partial charge on any atom is 0.0456 e. The summed E-state index contributed by atoms with van der Waals surface area (Å²) >= 11 is 0. The van der Waals surface area contributed by atoms with Gasteiger partial charge in [-0.1, -0.05) is 0 Å². The predicted octanol–water partition coefficient (Wildman–Crippen LogP) is 1.89. The first-order valence-electron chi connectivity index (χ1n) is 6.57. The molecule has 1 unspecified atom stereocenters. The fourth-order valence-corrected chi connectivity index (χ4v) is 3.46.